The van der Waals surface area contributed by atoms with Crippen molar-refractivity contribution >= 4 is 12.1 Å². The highest BCUT2D eigenvalue weighted by Crippen LogP contribution is 2.05. The van der Waals surface area contributed by atoms with Gasteiger partial charge in [0.25, 0.3) is 0 Å². The van der Waals surface area contributed by atoms with Crippen LogP contribution in [0.4, 0.5) is 4.79 Å². The molecule has 0 aromatic heterocycles. The van der Waals surface area contributed by atoms with E-state index >= 15 is 0 Å². The van der Waals surface area contributed by atoms with Gasteiger partial charge in [-0.25, -0.2) is 9.59 Å². The number of carbonyl (C=O) groups excluding carboxylic acids is 2. The third-order valence-corrected chi connectivity index (χ3v) is 2.52. The second kappa shape index (κ2) is 10.4. The van der Waals surface area contributed by atoms with Crippen molar-refractivity contribution in [3.05, 3.63) is 12.7 Å². The Kier molecular flexibility index (Phi) is 9.57. The Morgan fingerprint density at radius 3 is 2.47 bits per heavy atom. The van der Waals surface area contributed by atoms with Gasteiger partial charge in [0.1, 0.15) is 12.6 Å². The molecule has 0 heterocycles. The number of esters is 1. The highest BCUT2D eigenvalue weighted by molar-refractivity contribution is 5.81. The van der Waals surface area contributed by atoms with E-state index in [0.29, 0.717) is 6.61 Å². The summed E-state index contributed by atoms with van der Waals surface area (Å²) in [5.74, 6) is -0.475. The van der Waals surface area contributed by atoms with E-state index in [1.165, 1.54) is 6.08 Å². The van der Waals surface area contributed by atoms with Gasteiger partial charge in [-0.15, -0.1) is 0 Å². The maximum absolute atomic E-state index is 11.8. The summed E-state index contributed by atoms with van der Waals surface area (Å²) < 4.78 is 9.93. The fraction of sp³-hybridized carbons (Fsp3) is 0.714. The molecular formula is C14H25NO4. The quantitative estimate of drug-likeness (QED) is 0.398. The first kappa shape index (κ1) is 17.5. The predicted molar refractivity (Wildman–Crippen MR) is 73.8 cm³/mol. The van der Waals surface area contributed by atoms with Crippen LogP contribution in [-0.4, -0.2) is 31.3 Å². The van der Waals surface area contributed by atoms with Crippen LogP contribution in [0.3, 0.4) is 0 Å². The average molecular weight is 271 g/mol. The van der Waals surface area contributed by atoms with Crippen LogP contribution in [0.25, 0.3) is 0 Å². The number of ether oxygens (including phenoxy) is 2. The summed E-state index contributed by atoms with van der Waals surface area (Å²) in [5, 5.41) is 2.51. The molecule has 0 saturated carbocycles. The molecule has 0 fully saturated rings. The van der Waals surface area contributed by atoms with Crippen LogP contribution in [0.5, 0.6) is 0 Å². The Morgan fingerprint density at radius 1 is 1.26 bits per heavy atom. The van der Waals surface area contributed by atoms with Crippen molar-refractivity contribution in [2.24, 2.45) is 5.92 Å². The lowest BCUT2D eigenvalue weighted by Gasteiger charge is -2.20. The second-order valence-corrected chi connectivity index (χ2v) is 4.63. The van der Waals surface area contributed by atoms with Crippen molar-refractivity contribution in [3.8, 4) is 0 Å². The molecule has 1 unspecified atom stereocenters. The molecule has 5 nitrogen and oxygen atoms in total. The topological polar surface area (TPSA) is 64.6 Å². The Labute approximate surface area is 115 Å². The number of hydrogen-bond donors (Lipinski definition) is 1. The maximum Gasteiger partial charge on any atom is 0.408 e. The lowest BCUT2D eigenvalue weighted by molar-refractivity contribution is -0.147. The Bertz CT molecular complexity index is 289. The molecule has 19 heavy (non-hydrogen) atoms. The van der Waals surface area contributed by atoms with Gasteiger partial charge in [0.2, 0.25) is 0 Å². The molecule has 0 bridgehead atoms. The van der Waals surface area contributed by atoms with Gasteiger partial charge in [-0.1, -0.05) is 46.3 Å². The zero-order chi connectivity index (χ0) is 14.7. The van der Waals surface area contributed by atoms with E-state index in [0.717, 1.165) is 19.3 Å². The van der Waals surface area contributed by atoms with Crippen LogP contribution >= 0.6 is 0 Å². The fourth-order valence-corrected chi connectivity index (χ4v) is 1.42. The second-order valence-electron chi connectivity index (χ2n) is 4.63. The molecule has 0 spiro atoms. The van der Waals surface area contributed by atoms with Crippen LogP contribution in [0, 0.1) is 5.92 Å². The molecule has 0 saturated heterocycles. The van der Waals surface area contributed by atoms with Crippen molar-refractivity contribution in [2.45, 2.75) is 46.1 Å². The minimum atomic E-state index is -0.682. The van der Waals surface area contributed by atoms with E-state index in [2.05, 4.69) is 18.8 Å². The number of alkyl carbamates (subject to hydrolysis) is 1. The van der Waals surface area contributed by atoms with Gasteiger partial charge in [0.05, 0.1) is 6.61 Å². The first-order chi connectivity index (χ1) is 9.02. The summed E-state index contributed by atoms with van der Waals surface area (Å²) in [7, 11) is 0. The third kappa shape index (κ3) is 8.24. The number of rotatable bonds is 9. The Hall–Kier alpha value is -1.52. The molecule has 0 aromatic carbocycles. The third-order valence-electron chi connectivity index (χ3n) is 2.52. The predicted octanol–water partition coefficient (Wildman–Crippen LogP) is 2.66. The molecule has 1 atom stereocenters. The normalized spacial score (nSPS) is 11.8. The zero-order valence-electron chi connectivity index (χ0n) is 12.1. The van der Waals surface area contributed by atoms with E-state index in [-0.39, 0.29) is 12.5 Å². The number of carbonyl (C=O) groups is 2. The van der Waals surface area contributed by atoms with E-state index in [4.69, 9.17) is 9.47 Å². The standard InChI is InChI=1S/C14H25NO4/c1-5-7-8-10-18-13(16)12(11(3)4)15-14(17)19-9-6-2/h6,11-12H,2,5,7-10H2,1,3-4H3,(H,15,17). The maximum atomic E-state index is 11.8. The average Bonchev–Trinajstić information content (AvgIpc) is 2.38. The minimum absolute atomic E-state index is 0.0602. The van der Waals surface area contributed by atoms with Gasteiger partial charge in [-0.05, 0) is 12.3 Å². The van der Waals surface area contributed by atoms with E-state index in [1.807, 2.05) is 13.8 Å². The van der Waals surface area contributed by atoms with Crippen LogP contribution in [0.1, 0.15) is 40.0 Å². The van der Waals surface area contributed by atoms with Gasteiger partial charge in [-0.2, -0.15) is 0 Å². The summed E-state index contributed by atoms with van der Waals surface area (Å²) in [6.07, 6.45) is 3.76. The van der Waals surface area contributed by atoms with Crippen molar-refractivity contribution in [1.82, 2.24) is 5.32 Å². The molecular weight excluding hydrogens is 246 g/mol. The van der Waals surface area contributed by atoms with Gasteiger partial charge in [-0.3, -0.25) is 0 Å². The summed E-state index contributed by atoms with van der Waals surface area (Å²) in [6.45, 7) is 9.70. The van der Waals surface area contributed by atoms with Crippen molar-refractivity contribution in [2.75, 3.05) is 13.2 Å². The summed E-state index contributed by atoms with van der Waals surface area (Å²) in [5.41, 5.74) is 0. The smallest absolute Gasteiger partial charge is 0.408 e. The molecule has 0 aliphatic rings. The van der Waals surface area contributed by atoms with Crippen LogP contribution in [0.2, 0.25) is 0 Å². The SMILES string of the molecule is C=CCOC(=O)NC(C(=O)OCCCCC)C(C)C. The highest BCUT2D eigenvalue weighted by atomic mass is 16.6. The fourth-order valence-electron chi connectivity index (χ4n) is 1.42. The van der Waals surface area contributed by atoms with Crippen LogP contribution in [-0.2, 0) is 14.3 Å². The number of hydrogen-bond acceptors (Lipinski definition) is 4. The largest absolute Gasteiger partial charge is 0.464 e. The first-order valence-electron chi connectivity index (χ1n) is 6.73. The van der Waals surface area contributed by atoms with Crippen molar-refractivity contribution < 1.29 is 19.1 Å². The summed E-state index contributed by atoms with van der Waals surface area (Å²) in [4.78, 5) is 23.3. The molecule has 0 rings (SSSR count). The molecule has 0 aromatic rings. The first-order valence-corrected chi connectivity index (χ1v) is 6.73. The van der Waals surface area contributed by atoms with Gasteiger partial charge >= 0.3 is 12.1 Å². The van der Waals surface area contributed by atoms with Gasteiger partial charge < -0.3 is 14.8 Å². The van der Waals surface area contributed by atoms with E-state index in [1.54, 1.807) is 0 Å². The van der Waals surface area contributed by atoms with Crippen molar-refractivity contribution in [3.63, 3.8) is 0 Å². The summed E-state index contributed by atoms with van der Waals surface area (Å²) >= 11 is 0. The number of amides is 1. The highest BCUT2D eigenvalue weighted by Gasteiger charge is 2.26. The lowest BCUT2D eigenvalue weighted by Crippen LogP contribution is -2.45. The molecule has 0 aliphatic heterocycles. The Balaban J connectivity index is 4.19. The summed E-state index contributed by atoms with van der Waals surface area (Å²) in [6, 6.07) is -0.682. The van der Waals surface area contributed by atoms with Gasteiger partial charge in [0, 0.05) is 0 Å². The number of nitrogens with one attached hydrogen (secondary N) is 1. The molecule has 1 amide bonds. The number of unbranched alkanes of at least 4 members (excludes halogenated alkanes) is 2. The van der Waals surface area contributed by atoms with E-state index < -0.39 is 18.1 Å². The van der Waals surface area contributed by atoms with Crippen LogP contribution < -0.4 is 5.32 Å². The molecule has 1 N–H and O–H groups in total. The van der Waals surface area contributed by atoms with E-state index in [9.17, 15) is 9.59 Å². The minimum Gasteiger partial charge on any atom is -0.464 e. The molecule has 110 valence electrons. The lowest BCUT2D eigenvalue weighted by atomic mass is 10.1. The van der Waals surface area contributed by atoms with Crippen LogP contribution in [0.15, 0.2) is 12.7 Å². The monoisotopic (exact) mass is 271 g/mol. The molecule has 0 radical (unpaired) electrons. The van der Waals surface area contributed by atoms with Crippen molar-refractivity contribution in [1.29, 1.82) is 0 Å². The van der Waals surface area contributed by atoms with Gasteiger partial charge in [0.15, 0.2) is 0 Å². The molecule has 0 aliphatic carbocycles. The Morgan fingerprint density at radius 2 is 1.95 bits per heavy atom. The molecule has 5 heteroatoms. The zero-order valence-corrected chi connectivity index (χ0v) is 12.1.